The Morgan fingerprint density at radius 2 is 1.81 bits per heavy atom. The average Bonchev–Trinajstić information content (AvgIpc) is 2.61. The van der Waals surface area contributed by atoms with Gasteiger partial charge >= 0.3 is 12.1 Å². The number of rotatable bonds is 4. The summed E-state index contributed by atoms with van der Waals surface area (Å²) in [5, 5.41) is 8.69. The number of alkyl halides is 5. The molecule has 4 nitrogen and oxygen atoms in total. The summed E-state index contributed by atoms with van der Waals surface area (Å²) in [6.07, 6.45) is -4.63. The lowest BCUT2D eigenvalue weighted by Gasteiger charge is -2.18. The predicted molar refractivity (Wildman–Crippen MR) is 42.7 cm³/mol. The molecule has 0 saturated carbocycles. The fraction of sp³-hybridized carbons (Fsp3) is 0.857. The van der Waals surface area contributed by atoms with Crippen LogP contribution in [0.1, 0.15) is 25.6 Å². The third-order valence-electron chi connectivity index (χ3n) is 1.89. The third kappa shape index (κ3) is 2.27. The second-order valence-electron chi connectivity index (χ2n) is 3.15. The number of halogens is 5. The zero-order valence-electron chi connectivity index (χ0n) is 8.30. The lowest BCUT2D eigenvalue weighted by Crippen LogP contribution is -2.36. The highest BCUT2D eigenvalue weighted by atomic mass is 19.4. The van der Waals surface area contributed by atoms with Gasteiger partial charge in [-0.15, -0.1) is 5.10 Å². The average molecular weight is 244 g/mol. The topological polar surface area (TPSA) is 43.6 Å². The maximum Gasteiger partial charge on any atom is 0.461 e. The van der Waals surface area contributed by atoms with E-state index >= 15 is 0 Å². The Balaban J connectivity index is 2.99. The number of aromatic nitrogens is 4. The molecule has 1 aromatic heterocycles. The van der Waals surface area contributed by atoms with Crippen molar-refractivity contribution >= 4 is 0 Å². The first-order valence-electron chi connectivity index (χ1n) is 4.52. The summed E-state index contributed by atoms with van der Waals surface area (Å²) in [5.74, 6) is -6.49. The van der Waals surface area contributed by atoms with Crippen LogP contribution in [0.25, 0.3) is 0 Å². The minimum absolute atomic E-state index is 0.0650. The van der Waals surface area contributed by atoms with E-state index in [1.54, 1.807) is 6.92 Å². The molecule has 0 aliphatic rings. The van der Waals surface area contributed by atoms with Gasteiger partial charge in [0, 0.05) is 6.54 Å². The summed E-state index contributed by atoms with van der Waals surface area (Å²) in [4.78, 5) is 0. The van der Waals surface area contributed by atoms with Crippen LogP contribution in [-0.2, 0) is 12.5 Å². The van der Waals surface area contributed by atoms with Crippen molar-refractivity contribution in [2.75, 3.05) is 0 Å². The molecule has 0 fully saturated rings. The molecule has 1 heterocycles. The molecular formula is C7H9F5N4. The molecular weight excluding hydrogens is 235 g/mol. The molecule has 0 aliphatic carbocycles. The Morgan fingerprint density at radius 1 is 1.19 bits per heavy atom. The van der Waals surface area contributed by atoms with Crippen molar-refractivity contribution in [3.05, 3.63) is 5.82 Å². The highest BCUT2D eigenvalue weighted by Gasteiger charge is 2.62. The molecule has 0 aliphatic heterocycles. The van der Waals surface area contributed by atoms with Crippen molar-refractivity contribution < 1.29 is 22.0 Å². The smallest absolute Gasteiger partial charge is 0.224 e. The SMILES string of the molecule is CCCCn1nnnc1C(F)(F)C(F)(F)F. The molecule has 9 heteroatoms. The van der Waals surface area contributed by atoms with Crippen molar-refractivity contribution in [1.82, 2.24) is 20.2 Å². The standard InChI is InChI=1S/C7H9F5N4/c1-2-3-4-16-5(13-14-15-16)6(8,9)7(10,11)12/h2-4H2,1H3. The maximum atomic E-state index is 12.9. The second kappa shape index (κ2) is 4.30. The van der Waals surface area contributed by atoms with E-state index in [0.717, 1.165) is 0 Å². The zero-order valence-corrected chi connectivity index (χ0v) is 8.30. The molecule has 0 N–H and O–H groups in total. The van der Waals surface area contributed by atoms with Crippen LogP contribution in [0.15, 0.2) is 0 Å². The van der Waals surface area contributed by atoms with E-state index in [2.05, 4.69) is 15.5 Å². The Morgan fingerprint density at radius 3 is 2.31 bits per heavy atom. The Labute approximate surface area is 87.4 Å². The molecule has 0 aromatic carbocycles. The van der Waals surface area contributed by atoms with Gasteiger partial charge in [-0.1, -0.05) is 13.3 Å². The van der Waals surface area contributed by atoms with Crippen LogP contribution in [0, 0.1) is 0 Å². The van der Waals surface area contributed by atoms with Gasteiger partial charge < -0.3 is 0 Å². The van der Waals surface area contributed by atoms with Gasteiger partial charge in [0.05, 0.1) is 0 Å². The van der Waals surface area contributed by atoms with E-state index in [1.807, 2.05) is 0 Å². The van der Waals surface area contributed by atoms with Crippen LogP contribution in [0.4, 0.5) is 22.0 Å². The molecule has 92 valence electrons. The van der Waals surface area contributed by atoms with Crippen LogP contribution in [0.2, 0.25) is 0 Å². The molecule has 0 bridgehead atoms. The van der Waals surface area contributed by atoms with E-state index in [4.69, 9.17) is 0 Å². The first kappa shape index (κ1) is 12.8. The summed E-state index contributed by atoms with van der Waals surface area (Å²) < 4.78 is 62.4. The van der Waals surface area contributed by atoms with E-state index in [-0.39, 0.29) is 6.54 Å². The van der Waals surface area contributed by atoms with E-state index in [1.165, 1.54) is 0 Å². The first-order valence-corrected chi connectivity index (χ1v) is 4.52. The molecule has 0 radical (unpaired) electrons. The molecule has 1 aromatic rings. The Hall–Kier alpha value is -1.28. The van der Waals surface area contributed by atoms with Crippen LogP contribution in [0.5, 0.6) is 0 Å². The molecule has 0 spiro atoms. The van der Waals surface area contributed by atoms with E-state index in [0.29, 0.717) is 17.5 Å². The lowest BCUT2D eigenvalue weighted by molar-refractivity contribution is -0.293. The van der Waals surface area contributed by atoms with Gasteiger partial charge in [-0.05, 0) is 16.8 Å². The van der Waals surface area contributed by atoms with Gasteiger partial charge in [0.1, 0.15) is 0 Å². The van der Waals surface area contributed by atoms with Gasteiger partial charge in [0.2, 0.25) is 5.82 Å². The minimum Gasteiger partial charge on any atom is -0.224 e. The highest BCUT2D eigenvalue weighted by molar-refractivity contribution is 4.98. The fourth-order valence-electron chi connectivity index (χ4n) is 1.01. The molecule has 0 unspecified atom stereocenters. The molecule has 16 heavy (non-hydrogen) atoms. The summed E-state index contributed by atoms with van der Waals surface area (Å²) in [7, 11) is 0. The maximum absolute atomic E-state index is 12.9. The Kier molecular flexibility index (Phi) is 3.44. The minimum atomic E-state index is -5.69. The van der Waals surface area contributed by atoms with Gasteiger partial charge in [-0.2, -0.15) is 22.0 Å². The number of nitrogens with zero attached hydrogens (tertiary/aromatic N) is 4. The van der Waals surface area contributed by atoms with Crippen molar-refractivity contribution in [2.45, 2.75) is 38.4 Å². The summed E-state index contributed by atoms with van der Waals surface area (Å²) in [6.45, 7) is 1.70. The largest absolute Gasteiger partial charge is 0.461 e. The first-order chi connectivity index (χ1) is 7.30. The van der Waals surface area contributed by atoms with E-state index in [9.17, 15) is 22.0 Å². The molecule has 0 amide bonds. The number of aryl methyl sites for hydroxylation is 1. The normalized spacial score (nSPS) is 13.1. The molecule has 1 rings (SSSR count). The van der Waals surface area contributed by atoms with Gasteiger partial charge in [0.25, 0.3) is 0 Å². The number of tetrazole rings is 1. The van der Waals surface area contributed by atoms with Gasteiger partial charge in [-0.3, -0.25) is 0 Å². The van der Waals surface area contributed by atoms with E-state index < -0.39 is 17.9 Å². The van der Waals surface area contributed by atoms with Crippen LogP contribution in [0.3, 0.4) is 0 Å². The van der Waals surface area contributed by atoms with Crippen LogP contribution < -0.4 is 0 Å². The van der Waals surface area contributed by atoms with Crippen molar-refractivity contribution in [3.63, 3.8) is 0 Å². The summed E-state index contributed by atoms with van der Waals surface area (Å²) in [5.41, 5.74) is 0. The van der Waals surface area contributed by atoms with Crippen molar-refractivity contribution in [3.8, 4) is 0 Å². The predicted octanol–water partition coefficient (Wildman–Crippen LogP) is 2.13. The second-order valence-corrected chi connectivity index (χ2v) is 3.15. The molecule has 0 saturated heterocycles. The zero-order chi connectivity index (χ0) is 12.4. The van der Waals surface area contributed by atoms with Gasteiger partial charge in [-0.25, -0.2) is 4.68 Å². The number of hydrogen-bond acceptors (Lipinski definition) is 3. The quantitative estimate of drug-likeness (QED) is 0.762. The number of hydrogen-bond donors (Lipinski definition) is 0. The van der Waals surface area contributed by atoms with Gasteiger partial charge in [0.15, 0.2) is 0 Å². The monoisotopic (exact) mass is 244 g/mol. The van der Waals surface area contributed by atoms with Crippen molar-refractivity contribution in [1.29, 1.82) is 0 Å². The van der Waals surface area contributed by atoms with Crippen LogP contribution in [-0.4, -0.2) is 26.4 Å². The molecule has 0 atom stereocenters. The summed E-state index contributed by atoms with van der Waals surface area (Å²) in [6, 6.07) is 0. The lowest BCUT2D eigenvalue weighted by atomic mass is 10.3. The van der Waals surface area contributed by atoms with Crippen LogP contribution >= 0.6 is 0 Å². The fourth-order valence-corrected chi connectivity index (χ4v) is 1.01. The number of unbranched alkanes of at least 4 members (excludes halogenated alkanes) is 1. The third-order valence-corrected chi connectivity index (χ3v) is 1.89. The highest BCUT2D eigenvalue weighted by Crippen LogP contribution is 2.42. The summed E-state index contributed by atoms with van der Waals surface area (Å²) >= 11 is 0. The van der Waals surface area contributed by atoms with Crippen molar-refractivity contribution in [2.24, 2.45) is 0 Å². The Bertz CT molecular complexity index is 345.